The SMILES string of the molecule is O=C(CCc1cccc(Br)c1F)C1CC1. The highest BCUT2D eigenvalue weighted by Crippen LogP contribution is 2.31. The van der Waals surface area contributed by atoms with Crippen LogP contribution in [0.2, 0.25) is 0 Å². The van der Waals surface area contributed by atoms with Crippen molar-refractivity contribution in [1.82, 2.24) is 0 Å². The van der Waals surface area contributed by atoms with E-state index in [2.05, 4.69) is 15.9 Å². The van der Waals surface area contributed by atoms with Crippen molar-refractivity contribution in [3.8, 4) is 0 Å². The molecule has 0 heterocycles. The number of ketones is 1. The van der Waals surface area contributed by atoms with Crippen LogP contribution in [0.15, 0.2) is 22.7 Å². The zero-order chi connectivity index (χ0) is 10.8. The number of Topliss-reactive ketones (excluding diaryl/α,β-unsaturated/α-hetero) is 1. The fourth-order valence-electron chi connectivity index (χ4n) is 1.61. The summed E-state index contributed by atoms with van der Waals surface area (Å²) in [4.78, 5) is 11.4. The number of hydrogen-bond donors (Lipinski definition) is 0. The fourth-order valence-corrected chi connectivity index (χ4v) is 2.02. The zero-order valence-electron chi connectivity index (χ0n) is 8.30. The molecule has 2 rings (SSSR count). The summed E-state index contributed by atoms with van der Waals surface area (Å²) in [6, 6.07) is 5.20. The Balaban J connectivity index is 1.98. The maximum Gasteiger partial charge on any atom is 0.140 e. The van der Waals surface area contributed by atoms with Gasteiger partial charge in [-0.05, 0) is 46.8 Å². The lowest BCUT2D eigenvalue weighted by atomic mass is 10.1. The first-order valence-corrected chi connectivity index (χ1v) is 5.93. The Morgan fingerprint density at radius 3 is 2.87 bits per heavy atom. The van der Waals surface area contributed by atoms with Crippen LogP contribution >= 0.6 is 15.9 Å². The Kier molecular flexibility index (Phi) is 3.19. The van der Waals surface area contributed by atoms with E-state index in [0.717, 1.165) is 12.8 Å². The molecule has 0 spiro atoms. The van der Waals surface area contributed by atoms with E-state index in [4.69, 9.17) is 0 Å². The zero-order valence-corrected chi connectivity index (χ0v) is 9.89. The number of rotatable bonds is 4. The van der Waals surface area contributed by atoms with Crippen molar-refractivity contribution >= 4 is 21.7 Å². The van der Waals surface area contributed by atoms with Crippen LogP contribution in [0.4, 0.5) is 4.39 Å². The first-order chi connectivity index (χ1) is 7.18. The van der Waals surface area contributed by atoms with Gasteiger partial charge in [-0.25, -0.2) is 4.39 Å². The normalized spacial score (nSPS) is 15.3. The van der Waals surface area contributed by atoms with E-state index in [-0.39, 0.29) is 17.5 Å². The van der Waals surface area contributed by atoms with Gasteiger partial charge in [0, 0.05) is 12.3 Å². The molecule has 0 atom stereocenters. The smallest absolute Gasteiger partial charge is 0.140 e. The van der Waals surface area contributed by atoms with Gasteiger partial charge in [0.15, 0.2) is 0 Å². The molecule has 0 N–H and O–H groups in total. The molecule has 1 aliphatic rings. The van der Waals surface area contributed by atoms with E-state index in [9.17, 15) is 9.18 Å². The third-order valence-electron chi connectivity index (χ3n) is 2.71. The lowest BCUT2D eigenvalue weighted by molar-refractivity contribution is -0.120. The van der Waals surface area contributed by atoms with Crippen LogP contribution in [-0.4, -0.2) is 5.78 Å². The first-order valence-electron chi connectivity index (χ1n) is 5.14. The van der Waals surface area contributed by atoms with Crippen LogP contribution in [0, 0.1) is 11.7 Å². The second-order valence-electron chi connectivity index (χ2n) is 3.95. The highest BCUT2D eigenvalue weighted by atomic mass is 79.9. The molecule has 1 nitrogen and oxygen atoms in total. The number of aryl methyl sites for hydroxylation is 1. The van der Waals surface area contributed by atoms with Crippen LogP contribution in [0.3, 0.4) is 0 Å². The predicted octanol–water partition coefficient (Wildman–Crippen LogP) is 3.50. The third-order valence-corrected chi connectivity index (χ3v) is 3.32. The first kappa shape index (κ1) is 10.8. The van der Waals surface area contributed by atoms with Gasteiger partial charge in [-0.2, -0.15) is 0 Å². The second kappa shape index (κ2) is 4.44. The minimum absolute atomic E-state index is 0.235. The molecule has 0 aliphatic heterocycles. The molecule has 0 saturated heterocycles. The lowest BCUT2D eigenvalue weighted by Crippen LogP contribution is -2.03. The molecule has 15 heavy (non-hydrogen) atoms. The Morgan fingerprint density at radius 2 is 2.20 bits per heavy atom. The van der Waals surface area contributed by atoms with Gasteiger partial charge in [0.1, 0.15) is 11.6 Å². The van der Waals surface area contributed by atoms with Crippen LogP contribution in [0.1, 0.15) is 24.8 Å². The van der Waals surface area contributed by atoms with Gasteiger partial charge in [0.2, 0.25) is 0 Å². The van der Waals surface area contributed by atoms with Crippen LogP contribution < -0.4 is 0 Å². The summed E-state index contributed by atoms with van der Waals surface area (Å²) >= 11 is 3.13. The van der Waals surface area contributed by atoms with Crippen molar-refractivity contribution in [3.63, 3.8) is 0 Å². The van der Waals surface area contributed by atoms with Crippen molar-refractivity contribution in [1.29, 1.82) is 0 Å². The number of hydrogen-bond acceptors (Lipinski definition) is 1. The van der Waals surface area contributed by atoms with Gasteiger partial charge in [-0.1, -0.05) is 12.1 Å². The predicted molar refractivity (Wildman–Crippen MR) is 60.2 cm³/mol. The van der Waals surface area contributed by atoms with Crippen molar-refractivity contribution in [2.24, 2.45) is 5.92 Å². The summed E-state index contributed by atoms with van der Waals surface area (Å²) in [7, 11) is 0. The van der Waals surface area contributed by atoms with Gasteiger partial charge in [0.05, 0.1) is 4.47 Å². The van der Waals surface area contributed by atoms with Crippen LogP contribution in [0.25, 0.3) is 0 Å². The largest absolute Gasteiger partial charge is 0.299 e. The van der Waals surface area contributed by atoms with Gasteiger partial charge in [0.25, 0.3) is 0 Å². The number of carbonyl (C=O) groups excluding carboxylic acids is 1. The quantitative estimate of drug-likeness (QED) is 0.819. The maximum atomic E-state index is 13.5. The van der Waals surface area contributed by atoms with Gasteiger partial charge in [-0.3, -0.25) is 4.79 Å². The third kappa shape index (κ3) is 2.65. The molecule has 1 aliphatic carbocycles. The number of benzene rings is 1. The molecule has 0 radical (unpaired) electrons. The summed E-state index contributed by atoms with van der Waals surface area (Å²) in [5.41, 5.74) is 0.623. The lowest BCUT2D eigenvalue weighted by Gasteiger charge is -2.03. The average molecular weight is 271 g/mol. The summed E-state index contributed by atoms with van der Waals surface area (Å²) in [6.45, 7) is 0. The summed E-state index contributed by atoms with van der Waals surface area (Å²) in [5, 5.41) is 0. The highest BCUT2D eigenvalue weighted by molar-refractivity contribution is 9.10. The molecule has 3 heteroatoms. The Bertz CT molecular complexity index is 385. The van der Waals surface area contributed by atoms with Gasteiger partial charge >= 0.3 is 0 Å². The number of halogens is 2. The fraction of sp³-hybridized carbons (Fsp3) is 0.417. The van der Waals surface area contributed by atoms with Crippen molar-refractivity contribution in [2.45, 2.75) is 25.7 Å². The van der Waals surface area contributed by atoms with Crippen LogP contribution in [-0.2, 0) is 11.2 Å². The van der Waals surface area contributed by atoms with E-state index >= 15 is 0 Å². The second-order valence-corrected chi connectivity index (χ2v) is 4.81. The summed E-state index contributed by atoms with van der Waals surface area (Å²) in [6.07, 6.45) is 3.04. The number of carbonyl (C=O) groups is 1. The minimum atomic E-state index is -0.235. The Morgan fingerprint density at radius 1 is 1.47 bits per heavy atom. The molecule has 1 saturated carbocycles. The molecule has 1 aromatic carbocycles. The molecule has 0 aromatic heterocycles. The maximum absolute atomic E-state index is 13.5. The standard InChI is InChI=1S/C12H12BrFO/c13-10-3-1-2-9(12(10)14)6-7-11(15)8-4-5-8/h1-3,8H,4-7H2. The van der Waals surface area contributed by atoms with E-state index in [1.54, 1.807) is 18.2 Å². The minimum Gasteiger partial charge on any atom is -0.299 e. The Labute approximate surface area is 96.8 Å². The average Bonchev–Trinajstić information content (AvgIpc) is 3.03. The molecule has 0 unspecified atom stereocenters. The molecule has 80 valence electrons. The van der Waals surface area contributed by atoms with Gasteiger partial charge in [-0.15, -0.1) is 0 Å². The van der Waals surface area contributed by atoms with Crippen molar-refractivity contribution in [3.05, 3.63) is 34.1 Å². The van der Waals surface area contributed by atoms with E-state index in [1.807, 2.05) is 0 Å². The molecular weight excluding hydrogens is 259 g/mol. The monoisotopic (exact) mass is 270 g/mol. The topological polar surface area (TPSA) is 17.1 Å². The van der Waals surface area contributed by atoms with Crippen molar-refractivity contribution < 1.29 is 9.18 Å². The van der Waals surface area contributed by atoms with E-state index in [0.29, 0.717) is 22.9 Å². The van der Waals surface area contributed by atoms with Crippen LogP contribution in [0.5, 0.6) is 0 Å². The van der Waals surface area contributed by atoms with E-state index in [1.165, 1.54) is 0 Å². The van der Waals surface area contributed by atoms with E-state index < -0.39 is 0 Å². The van der Waals surface area contributed by atoms with Gasteiger partial charge < -0.3 is 0 Å². The molecule has 0 amide bonds. The molecule has 1 aromatic rings. The summed E-state index contributed by atoms with van der Waals surface area (Å²) in [5.74, 6) is 0.329. The summed E-state index contributed by atoms with van der Waals surface area (Å²) < 4.78 is 14.0. The molecule has 1 fully saturated rings. The Hall–Kier alpha value is -0.700. The molecule has 0 bridgehead atoms. The van der Waals surface area contributed by atoms with Crippen molar-refractivity contribution in [2.75, 3.05) is 0 Å². The highest BCUT2D eigenvalue weighted by Gasteiger charge is 2.28. The molecular formula is C12H12BrFO.